The van der Waals surface area contributed by atoms with E-state index >= 15 is 0 Å². The van der Waals surface area contributed by atoms with Gasteiger partial charge in [-0.25, -0.2) is 0 Å². The van der Waals surface area contributed by atoms with E-state index in [1.165, 1.54) is 0 Å². The van der Waals surface area contributed by atoms with Crippen LogP contribution in [0.1, 0.15) is 43.7 Å². The maximum Gasteiger partial charge on any atom is 0.223 e. The molecule has 4 heteroatoms. The number of rotatable bonds is 4. The molecule has 0 radical (unpaired) electrons. The molecular weight excluding hydrogens is 266 g/mol. The van der Waals surface area contributed by atoms with Gasteiger partial charge in [-0.05, 0) is 43.0 Å². The monoisotopic (exact) mass is 287 g/mol. The first-order valence-corrected chi connectivity index (χ1v) is 7.59. The lowest BCUT2D eigenvalue weighted by atomic mass is 9.90. The molecule has 2 atom stereocenters. The molecule has 1 aliphatic heterocycles. The molecule has 0 unspecified atom stereocenters. The Morgan fingerprint density at radius 3 is 2.81 bits per heavy atom. The molecular formula is C17H21NO3. The SMILES string of the molecule is C[C@@H]1CCN(C(=O)CCc2ccco2)[C@H](c2ccco2)C1. The van der Waals surface area contributed by atoms with E-state index in [2.05, 4.69) is 6.92 Å². The third kappa shape index (κ3) is 3.20. The van der Waals surface area contributed by atoms with Gasteiger partial charge in [0.1, 0.15) is 11.5 Å². The van der Waals surface area contributed by atoms with Gasteiger partial charge in [-0.3, -0.25) is 4.79 Å². The van der Waals surface area contributed by atoms with E-state index in [0.29, 0.717) is 18.8 Å². The van der Waals surface area contributed by atoms with Gasteiger partial charge in [0, 0.05) is 19.4 Å². The summed E-state index contributed by atoms with van der Waals surface area (Å²) in [6.45, 7) is 3.05. The molecule has 21 heavy (non-hydrogen) atoms. The van der Waals surface area contributed by atoms with Crippen molar-refractivity contribution in [3.63, 3.8) is 0 Å². The van der Waals surface area contributed by atoms with Gasteiger partial charge in [-0.1, -0.05) is 6.92 Å². The van der Waals surface area contributed by atoms with Gasteiger partial charge in [0.2, 0.25) is 5.91 Å². The standard InChI is InChI=1S/C17H21NO3/c1-13-8-9-18(15(12-13)16-5-3-11-21-16)17(19)7-6-14-4-2-10-20-14/h2-5,10-11,13,15H,6-9,12H2,1H3/t13-,15+/m1/s1. The summed E-state index contributed by atoms with van der Waals surface area (Å²) in [4.78, 5) is 14.5. The van der Waals surface area contributed by atoms with Crippen molar-refractivity contribution in [2.75, 3.05) is 6.54 Å². The number of hydrogen-bond acceptors (Lipinski definition) is 3. The van der Waals surface area contributed by atoms with Crippen molar-refractivity contribution in [2.24, 2.45) is 5.92 Å². The molecule has 0 spiro atoms. The van der Waals surface area contributed by atoms with Crippen molar-refractivity contribution in [1.29, 1.82) is 0 Å². The Morgan fingerprint density at radius 1 is 1.29 bits per heavy atom. The van der Waals surface area contributed by atoms with Gasteiger partial charge in [0.15, 0.2) is 0 Å². The van der Waals surface area contributed by atoms with E-state index in [1.54, 1.807) is 12.5 Å². The summed E-state index contributed by atoms with van der Waals surface area (Å²) in [7, 11) is 0. The molecule has 1 saturated heterocycles. The number of piperidine rings is 1. The van der Waals surface area contributed by atoms with Crippen molar-refractivity contribution in [3.05, 3.63) is 48.3 Å². The highest BCUT2D eigenvalue weighted by atomic mass is 16.3. The molecule has 4 nitrogen and oxygen atoms in total. The fourth-order valence-electron chi connectivity index (χ4n) is 3.02. The van der Waals surface area contributed by atoms with Crippen molar-refractivity contribution in [2.45, 2.75) is 38.6 Å². The number of hydrogen-bond donors (Lipinski definition) is 0. The van der Waals surface area contributed by atoms with E-state index < -0.39 is 0 Å². The Bertz CT molecular complexity index is 559. The van der Waals surface area contributed by atoms with Crippen LogP contribution in [0, 0.1) is 5.92 Å². The molecule has 0 saturated carbocycles. The second kappa shape index (κ2) is 6.20. The quantitative estimate of drug-likeness (QED) is 0.859. The summed E-state index contributed by atoms with van der Waals surface area (Å²) >= 11 is 0. The first kappa shape index (κ1) is 14.0. The molecule has 3 heterocycles. The van der Waals surface area contributed by atoms with E-state index in [1.807, 2.05) is 29.2 Å². The molecule has 3 rings (SSSR count). The van der Waals surface area contributed by atoms with Gasteiger partial charge < -0.3 is 13.7 Å². The van der Waals surface area contributed by atoms with Gasteiger partial charge in [0.25, 0.3) is 0 Å². The summed E-state index contributed by atoms with van der Waals surface area (Å²) in [6.07, 6.45) is 6.50. The predicted octanol–water partition coefficient (Wildman–Crippen LogP) is 3.81. The minimum atomic E-state index is 0.0767. The van der Waals surface area contributed by atoms with E-state index in [4.69, 9.17) is 8.83 Å². The number of likely N-dealkylation sites (tertiary alicyclic amines) is 1. The van der Waals surface area contributed by atoms with Crippen LogP contribution in [0.3, 0.4) is 0 Å². The van der Waals surface area contributed by atoms with Crippen molar-refractivity contribution in [3.8, 4) is 0 Å². The van der Waals surface area contributed by atoms with Crippen molar-refractivity contribution < 1.29 is 13.6 Å². The van der Waals surface area contributed by atoms with Crippen LogP contribution in [0.4, 0.5) is 0 Å². The molecule has 2 aromatic rings. The minimum Gasteiger partial charge on any atom is -0.469 e. The zero-order chi connectivity index (χ0) is 14.7. The van der Waals surface area contributed by atoms with Gasteiger partial charge in [0.05, 0.1) is 18.6 Å². The summed E-state index contributed by atoms with van der Waals surface area (Å²) in [5.74, 6) is 2.56. The highest BCUT2D eigenvalue weighted by Gasteiger charge is 2.32. The molecule has 112 valence electrons. The lowest BCUT2D eigenvalue weighted by Crippen LogP contribution is -2.40. The maximum atomic E-state index is 12.5. The fraction of sp³-hybridized carbons (Fsp3) is 0.471. The Labute approximate surface area is 124 Å². The predicted molar refractivity (Wildman–Crippen MR) is 78.6 cm³/mol. The zero-order valence-corrected chi connectivity index (χ0v) is 12.3. The second-order valence-electron chi connectivity index (χ2n) is 5.83. The van der Waals surface area contributed by atoms with Crippen LogP contribution in [-0.4, -0.2) is 17.4 Å². The van der Waals surface area contributed by atoms with Crippen LogP contribution >= 0.6 is 0 Å². The Hall–Kier alpha value is -1.97. The number of carbonyl (C=O) groups excluding carboxylic acids is 1. The third-order valence-electron chi connectivity index (χ3n) is 4.22. The smallest absolute Gasteiger partial charge is 0.223 e. The molecule has 0 aromatic carbocycles. The lowest BCUT2D eigenvalue weighted by Gasteiger charge is -2.37. The first-order chi connectivity index (χ1) is 10.2. The van der Waals surface area contributed by atoms with E-state index in [-0.39, 0.29) is 11.9 Å². The van der Waals surface area contributed by atoms with E-state index in [9.17, 15) is 4.79 Å². The summed E-state index contributed by atoms with van der Waals surface area (Å²) in [5.41, 5.74) is 0. The largest absolute Gasteiger partial charge is 0.469 e. The number of furan rings is 2. The minimum absolute atomic E-state index is 0.0767. The second-order valence-corrected chi connectivity index (χ2v) is 5.83. The Balaban J connectivity index is 1.67. The summed E-state index contributed by atoms with van der Waals surface area (Å²) < 4.78 is 10.8. The Kier molecular flexibility index (Phi) is 4.13. The number of aryl methyl sites for hydroxylation is 1. The molecule has 0 bridgehead atoms. The van der Waals surface area contributed by atoms with Crippen LogP contribution in [0.5, 0.6) is 0 Å². The Morgan fingerprint density at radius 2 is 2.10 bits per heavy atom. The average molecular weight is 287 g/mol. The van der Waals surface area contributed by atoms with Gasteiger partial charge in [-0.2, -0.15) is 0 Å². The van der Waals surface area contributed by atoms with E-state index in [0.717, 1.165) is 30.9 Å². The van der Waals surface area contributed by atoms with Gasteiger partial charge >= 0.3 is 0 Å². The number of amides is 1. The van der Waals surface area contributed by atoms with Crippen LogP contribution < -0.4 is 0 Å². The van der Waals surface area contributed by atoms with Crippen molar-refractivity contribution in [1.82, 2.24) is 4.90 Å². The topological polar surface area (TPSA) is 46.6 Å². The first-order valence-electron chi connectivity index (χ1n) is 7.59. The average Bonchev–Trinajstić information content (AvgIpc) is 3.18. The van der Waals surface area contributed by atoms with Crippen molar-refractivity contribution >= 4 is 5.91 Å². The fourth-order valence-corrected chi connectivity index (χ4v) is 3.02. The molecule has 1 amide bonds. The maximum absolute atomic E-state index is 12.5. The van der Waals surface area contributed by atoms with Crippen LogP contribution in [0.15, 0.2) is 45.6 Å². The normalized spacial score (nSPS) is 22.4. The van der Waals surface area contributed by atoms with Crippen LogP contribution in [0.25, 0.3) is 0 Å². The summed E-state index contributed by atoms with van der Waals surface area (Å²) in [5, 5.41) is 0. The van der Waals surface area contributed by atoms with Crippen LogP contribution in [0.2, 0.25) is 0 Å². The summed E-state index contributed by atoms with van der Waals surface area (Å²) in [6, 6.07) is 7.70. The lowest BCUT2D eigenvalue weighted by molar-refractivity contribution is -0.136. The molecule has 1 aliphatic rings. The molecule has 2 aromatic heterocycles. The zero-order valence-electron chi connectivity index (χ0n) is 12.3. The molecule has 1 fully saturated rings. The number of carbonyl (C=O) groups is 1. The van der Waals surface area contributed by atoms with Gasteiger partial charge in [-0.15, -0.1) is 0 Å². The van der Waals surface area contributed by atoms with Crippen LogP contribution in [-0.2, 0) is 11.2 Å². The highest BCUT2D eigenvalue weighted by molar-refractivity contribution is 5.77. The highest BCUT2D eigenvalue weighted by Crippen LogP contribution is 2.34. The molecule has 0 aliphatic carbocycles. The molecule has 0 N–H and O–H groups in total. The number of nitrogens with zero attached hydrogens (tertiary/aromatic N) is 1. The third-order valence-corrected chi connectivity index (χ3v) is 4.22.